The van der Waals surface area contributed by atoms with Crippen molar-refractivity contribution >= 4 is 22.2 Å². The van der Waals surface area contributed by atoms with Crippen LogP contribution in [0.5, 0.6) is 0 Å². The Kier molecular flexibility index (Phi) is 4.45. The number of hydrogen-bond acceptors (Lipinski definition) is 8. The number of hydrogen-bond donors (Lipinski definition) is 6. The van der Waals surface area contributed by atoms with E-state index in [2.05, 4.69) is 46.2 Å². The van der Waals surface area contributed by atoms with E-state index in [0.29, 0.717) is 12.1 Å². The minimum atomic E-state index is -0.760. The highest BCUT2D eigenvalue weighted by Crippen LogP contribution is 2.31. The molecule has 0 unspecified atom stereocenters. The first kappa shape index (κ1) is 16.3. The zero-order chi connectivity index (χ0) is 17.3. The van der Waals surface area contributed by atoms with Crippen LogP contribution < -0.4 is 33.8 Å². The van der Waals surface area contributed by atoms with Gasteiger partial charge < -0.3 is 0 Å². The molecule has 0 bridgehead atoms. The lowest BCUT2D eigenvalue weighted by Gasteiger charge is -2.11. The standard InChI is InChI=1S/C16H22N8/c1-8-6-9-7-12(21-23-15(17)18)14(22-24-16(19)20)13(9)11-5-3-2-4-10(8)11/h2-6,15-16,23-24H,7,17-20H2,1H3/b21-12+,22-14-. The number of hydrazone groups is 2. The van der Waals surface area contributed by atoms with Crippen molar-refractivity contribution in [1.29, 1.82) is 0 Å². The van der Waals surface area contributed by atoms with E-state index in [1.54, 1.807) is 0 Å². The number of aryl methyl sites for hydroxylation is 1. The van der Waals surface area contributed by atoms with Crippen LogP contribution in [0.25, 0.3) is 10.8 Å². The molecule has 0 saturated heterocycles. The fourth-order valence-corrected chi connectivity index (χ4v) is 2.96. The Morgan fingerprint density at radius 2 is 1.58 bits per heavy atom. The molecular weight excluding hydrogens is 304 g/mol. The van der Waals surface area contributed by atoms with Crippen LogP contribution in [0.2, 0.25) is 0 Å². The number of nitrogens with zero attached hydrogens (tertiary/aromatic N) is 2. The predicted octanol–water partition coefficient (Wildman–Crippen LogP) is -0.654. The zero-order valence-electron chi connectivity index (χ0n) is 13.5. The molecule has 2 aromatic carbocycles. The van der Waals surface area contributed by atoms with Gasteiger partial charge in [-0.25, -0.2) is 0 Å². The maximum Gasteiger partial charge on any atom is 0.142 e. The Hall–Kier alpha value is -2.52. The summed E-state index contributed by atoms with van der Waals surface area (Å²) in [5.74, 6) is 0. The van der Waals surface area contributed by atoms with E-state index in [1.165, 1.54) is 10.9 Å². The minimum Gasteiger partial charge on any atom is -0.298 e. The smallest absolute Gasteiger partial charge is 0.142 e. The molecule has 1 aliphatic rings. The Morgan fingerprint density at radius 1 is 0.958 bits per heavy atom. The van der Waals surface area contributed by atoms with Gasteiger partial charge >= 0.3 is 0 Å². The van der Waals surface area contributed by atoms with Gasteiger partial charge in [-0.15, -0.1) is 0 Å². The fourth-order valence-electron chi connectivity index (χ4n) is 2.96. The van der Waals surface area contributed by atoms with Crippen molar-refractivity contribution in [3.05, 3.63) is 47.0 Å². The van der Waals surface area contributed by atoms with E-state index >= 15 is 0 Å². The third-order valence-electron chi connectivity index (χ3n) is 3.88. The lowest BCUT2D eigenvalue weighted by Crippen LogP contribution is -2.44. The molecule has 0 aromatic heterocycles. The summed E-state index contributed by atoms with van der Waals surface area (Å²) in [6, 6.07) is 10.3. The van der Waals surface area contributed by atoms with Crippen molar-refractivity contribution in [3.63, 3.8) is 0 Å². The Balaban J connectivity index is 2.17. The number of nitrogens with two attached hydrogens (primary N) is 4. The van der Waals surface area contributed by atoms with E-state index in [0.717, 1.165) is 22.2 Å². The second-order valence-electron chi connectivity index (χ2n) is 5.78. The molecule has 0 heterocycles. The normalized spacial score (nSPS) is 17.3. The van der Waals surface area contributed by atoms with Crippen molar-refractivity contribution < 1.29 is 0 Å². The Labute approximate surface area is 139 Å². The van der Waals surface area contributed by atoms with Crippen LogP contribution in [-0.4, -0.2) is 24.0 Å². The van der Waals surface area contributed by atoms with Gasteiger partial charge in [0.25, 0.3) is 0 Å². The molecule has 8 nitrogen and oxygen atoms in total. The first-order chi connectivity index (χ1) is 11.5. The largest absolute Gasteiger partial charge is 0.298 e. The topological polar surface area (TPSA) is 153 Å². The van der Waals surface area contributed by atoms with Gasteiger partial charge in [-0.3, -0.25) is 33.8 Å². The Bertz CT molecular complexity index is 822. The fraction of sp³-hybridized carbons (Fsp3) is 0.250. The van der Waals surface area contributed by atoms with Crippen LogP contribution in [0.4, 0.5) is 0 Å². The van der Waals surface area contributed by atoms with Crippen LogP contribution >= 0.6 is 0 Å². The lowest BCUT2D eigenvalue weighted by atomic mass is 9.96. The molecule has 126 valence electrons. The zero-order valence-corrected chi connectivity index (χ0v) is 13.5. The monoisotopic (exact) mass is 326 g/mol. The van der Waals surface area contributed by atoms with Crippen molar-refractivity contribution in [3.8, 4) is 0 Å². The molecule has 8 heteroatoms. The summed E-state index contributed by atoms with van der Waals surface area (Å²) < 4.78 is 0. The number of nitrogens with one attached hydrogen (secondary N) is 2. The summed E-state index contributed by atoms with van der Waals surface area (Å²) in [6.45, 7) is 2.09. The average molecular weight is 326 g/mol. The SMILES string of the molecule is Cc1cc2c(c3ccccc13)C(=N\NC(N)N)/C(=N/NC(N)N)C2. The van der Waals surface area contributed by atoms with Crippen LogP contribution in [0.15, 0.2) is 40.5 Å². The van der Waals surface area contributed by atoms with Gasteiger partial charge in [0.2, 0.25) is 0 Å². The Morgan fingerprint density at radius 3 is 2.25 bits per heavy atom. The minimum absolute atomic E-state index is 0.626. The average Bonchev–Trinajstić information content (AvgIpc) is 2.88. The molecule has 0 atom stereocenters. The maximum atomic E-state index is 5.56. The van der Waals surface area contributed by atoms with Gasteiger partial charge in [0.05, 0.1) is 5.71 Å². The summed E-state index contributed by atoms with van der Waals surface area (Å²) in [7, 11) is 0. The molecule has 24 heavy (non-hydrogen) atoms. The van der Waals surface area contributed by atoms with E-state index in [1.807, 2.05) is 12.1 Å². The predicted molar refractivity (Wildman–Crippen MR) is 97.0 cm³/mol. The van der Waals surface area contributed by atoms with E-state index in [-0.39, 0.29) is 0 Å². The molecule has 0 aliphatic heterocycles. The highest BCUT2D eigenvalue weighted by atomic mass is 15.4. The third kappa shape index (κ3) is 3.08. The number of fused-ring (bicyclic) bond motifs is 3. The van der Waals surface area contributed by atoms with Crippen LogP contribution in [-0.2, 0) is 6.42 Å². The molecule has 1 aliphatic carbocycles. The molecule has 2 aromatic rings. The van der Waals surface area contributed by atoms with E-state index in [4.69, 9.17) is 22.9 Å². The van der Waals surface area contributed by atoms with Crippen molar-refractivity contribution in [1.82, 2.24) is 10.9 Å². The van der Waals surface area contributed by atoms with Gasteiger partial charge in [-0.05, 0) is 28.8 Å². The summed E-state index contributed by atoms with van der Waals surface area (Å²) in [5, 5.41) is 10.9. The van der Waals surface area contributed by atoms with Crippen LogP contribution in [0.3, 0.4) is 0 Å². The van der Waals surface area contributed by atoms with Crippen molar-refractivity contribution in [2.75, 3.05) is 0 Å². The van der Waals surface area contributed by atoms with Gasteiger partial charge in [0.15, 0.2) is 0 Å². The van der Waals surface area contributed by atoms with Crippen molar-refractivity contribution in [2.45, 2.75) is 25.9 Å². The van der Waals surface area contributed by atoms with E-state index in [9.17, 15) is 0 Å². The van der Waals surface area contributed by atoms with Crippen molar-refractivity contribution in [2.24, 2.45) is 33.1 Å². The quantitative estimate of drug-likeness (QED) is 0.324. The molecule has 10 N–H and O–H groups in total. The number of benzene rings is 2. The number of rotatable bonds is 4. The van der Waals surface area contributed by atoms with Gasteiger partial charge in [0, 0.05) is 12.0 Å². The summed E-state index contributed by atoms with van der Waals surface area (Å²) in [4.78, 5) is 0. The molecule has 0 saturated carbocycles. The molecule has 0 amide bonds. The lowest BCUT2D eigenvalue weighted by molar-refractivity contribution is 0.568. The summed E-state index contributed by atoms with van der Waals surface area (Å²) in [5.41, 5.74) is 32.3. The highest BCUT2D eigenvalue weighted by molar-refractivity contribution is 6.53. The first-order valence-electron chi connectivity index (χ1n) is 7.67. The van der Waals surface area contributed by atoms with Gasteiger partial charge in [-0.2, -0.15) is 10.2 Å². The molecule has 0 spiro atoms. The second-order valence-corrected chi connectivity index (χ2v) is 5.78. The molecular formula is C16H22N8. The maximum absolute atomic E-state index is 5.56. The first-order valence-corrected chi connectivity index (χ1v) is 7.67. The summed E-state index contributed by atoms with van der Waals surface area (Å²) >= 11 is 0. The van der Waals surface area contributed by atoms with Gasteiger partial charge in [0.1, 0.15) is 18.3 Å². The van der Waals surface area contributed by atoms with Crippen LogP contribution in [0, 0.1) is 6.92 Å². The molecule has 3 rings (SSSR count). The summed E-state index contributed by atoms with van der Waals surface area (Å²) in [6.07, 6.45) is -0.879. The molecule has 0 radical (unpaired) electrons. The highest BCUT2D eigenvalue weighted by Gasteiger charge is 2.28. The van der Waals surface area contributed by atoms with E-state index < -0.39 is 12.6 Å². The third-order valence-corrected chi connectivity index (χ3v) is 3.88. The second kappa shape index (κ2) is 6.54. The van der Waals surface area contributed by atoms with Crippen LogP contribution in [0.1, 0.15) is 16.7 Å². The molecule has 0 fully saturated rings. The van der Waals surface area contributed by atoms with Gasteiger partial charge in [-0.1, -0.05) is 30.3 Å².